The quantitative estimate of drug-likeness (QED) is 0.721. The summed E-state index contributed by atoms with van der Waals surface area (Å²) in [5, 5.41) is 0. The fraction of sp³-hybridized carbons (Fsp3) is 0.0769. The molecule has 0 amide bonds. The Morgan fingerprint density at radius 3 is 2.53 bits per heavy atom. The van der Waals surface area contributed by atoms with E-state index in [2.05, 4.69) is 0 Å². The Morgan fingerprint density at radius 1 is 1.07 bits per heavy atom. The Labute approximate surface area is 88.8 Å². The van der Waals surface area contributed by atoms with Crippen LogP contribution in [0.3, 0.4) is 0 Å². The molecule has 0 spiro atoms. The predicted octanol–water partition coefficient (Wildman–Crippen LogP) is 1.96. The summed E-state index contributed by atoms with van der Waals surface area (Å²) < 4.78 is 1.60. The molecule has 0 aliphatic rings. The van der Waals surface area contributed by atoms with Crippen LogP contribution in [0.2, 0.25) is 0 Å². The first-order chi connectivity index (χ1) is 7.25. The normalized spacial score (nSPS) is 10.2. The summed E-state index contributed by atoms with van der Waals surface area (Å²) in [7, 11) is 0. The van der Waals surface area contributed by atoms with Gasteiger partial charge in [-0.2, -0.15) is 0 Å². The van der Waals surface area contributed by atoms with Gasteiger partial charge in [-0.25, -0.2) is 0 Å². The summed E-state index contributed by atoms with van der Waals surface area (Å²) in [6.45, 7) is 6.18. The molecule has 74 valence electrons. The second-order valence-corrected chi connectivity index (χ2v) is 3.41. The van der Waals surface area contributed by atoms with Gasteiger partial charge in [0.25, 0.3) is 5.56 Å². The lowest BCUT2D eigenvalue weighted by Crippen LogP contribution is -2.19. The molecule has 0 bridgehead atoms. The van der Waals surface area contributed by atoms with E-state index in [-0.39, 0.29) is 5.56 Å². The van der Waals surface area contributed by atoms with Gasteiger partial charge in [0.15, 0.2) is 0 Å². The van der Waals surface area contributed by atoms with Gasteiger partial charge in [-0.3, -0.25) is 4.79 Å². The number of aromatic nitrogens is 1. The standard InChI is InChI=1S/C13H11NO/c1-11-7-8-13(15)14(9-11)10-12-5-3-2-4-6-12/h1-9H,10H2. The van der Waals surface area contributed by atoms with E-state index < -0.39 is 0 Å². The number of hydrogen-bond donors (Lipinski definition) is 0. The highest BCUT2D eigenvalue weighted by Gasteiger charge is 1.97. The summed E-state index contributed by atoms with van der Waals surface area (Å²) in [5.41, 5.74) is 1.66. The van der Waals surface area contributed by atoms with E-state index in [1.807, 2.05) is 30.3 Å². The first-order valence-electron chi connectivity index (χ1n) is 4.75. The maximum Gasteiger partial charge on any atom is 0.250 e. The van der Waals surface area contributed by atoms with Crippen LogP contribution in [0.1, 0.15) is 11.1 Å². The van der Waals surface area contributed by atoms with Crippen molar-refractivity contribution in [3.8, 4) is 0 Å². The molecule has 0 saturated heterocycles. The van der Waals surface area contributed by atoms with Crippen molar-refractivity contribution < 1.29 is 0 Å². The molecule has 0 unspecified atom stereocenters. The van der Waals surface area contributed by atoms with Crippen molar-refractivity contribution in [2.75, 3.05) is 0 Å². The molecule has 2 aromatic rings. The van der Waals surface area contributed by atoms with Crippen LogP contribution in [0, 0.1) is 6.92 Å². The fourth-order valence-corrected chi connectivity index (χ4v) is 1.45. The van der Waals surface area contributed by atoms with Crippen molar-refractivity contribution in [2.45, 2.75) is 6.54 Å². The van der Waals surface area contributed by atoms with Crippen LogP contribution in [-0.4, -0.2) is 4.57 Å². The summed E-state index contributed by atoms with van der Waals surface area (Å²) in [5.74, 6) is 0. The van der Waals surface area contributed by atoms with Crippen LogP contribution in [0.4, 0.5) is 0 Å². The smallest absolute Gasteiger partial charge is 0.250 e. The Bertz CT molecular complexity index is 499. The van der Waals surface area contributed by atoms with Gasteiger partial charge in [0.1, 0.15) is 0 Å². The van der Waals surface area contributed by atoms with Gasteiger partial charge in [0.05, 0.1) is 6.54 Å². The molecule has 15 heavy (non-hydrogen) atoms. The van der Waals surface area contributed by atoms with Crippen molar-refractivity contribution >= 4 is 0 Å². The molecule has 2 nitrogen and oxygen atoms in total. The van der Waals surface area contributed by atoms with Crippen LogP contribution in [-0.2, 0) is 6.54 Å². The second-order valence-electron chi connectivity index (χ2n) is 3.41. The Balaban J connectivity index is 2.32. The lowest BCUT2D eigenvalue weighted by molar-refractivity contribution is 0.757. The van der Waals surface area contributed by atoms with Gasteiger partial charge in [-0.15, -0.1) is 0 Å². The zero-order valence-corrected chi connectivity index (χ0v) is 8.26. The molecule has 0 N–H and O–H groups in total. The molecule has 1 heterocycles. The average molecular weight is 197 g/mol. The molecule has 0 aliphatic carbocycles. The van der Waals surface area contributed by atoms with Crippen LogP contribution in [0.5, 0.6) is 0 Å². The number of rotatable bonds is 2. The maximum absolute atomic E-state index is 11.5. The maximum atomic E-state index is 11.5. The minimum absolute atomic E-state index is 0.0342. The van der Waals surface area contributed by atoms with Crippen molar-refractivity contribution in [3.63, 3.8) is 0 Å². The topological polar surface area (TPSA) is 22.0 Å². The van der Waals surface area contributed by atoms with Crippen molar-refractivity contribution in [2.24, 2.45) is 0 Å². The molecule has 2 heteroatoms. The predicted molar refractivity (Wildman–Crippen MR) is 59.6 cm³/mol. The Kier molecular flexibility index (Phi) is 2.68. The monoisotopic (exact) mass is 197 g/mol. The van der Waals surface area contributed by atoms with Gasteiger partial charge >= 0.3 is 0 Å². The summed E-state index contributed by atoms with van der Waals surface area (Å²) >= 11 is 0. The summed E-state index contributed by atoms with van der Waals surface area (Å²) in [6, 6.07) is 12.9. The largest absolute Gasteiger partial charge is 0.311 e. The van der Waals surface area contributed by atoms with E-state index in [0.29, 0.717) is 12.1 Å². The highest BCUT2D eigenvalue weighted by molar-refractivity contribution is 5.18. The van der Waals surface area contributed by atoms with Gasteiger partial charge < -0.3 is 4.57 Å². The molecule has 2 radical (unpaired) electrons. The molecule has 0 fully saturated rings. The first kappa shape index (κ1) is 9.71. The third kappa shape index (κ3) is 2.34. The number of nitrogens with zero attached hydrogens (tertiary/aromatic N) is 1. The highest BCUT2D eigenvalue weighted by atomic mass is 16.1. The average Bonchev–Trinajstić information content (AvgIpc) is 2.25. The third-order valence-electron chi connectivity index (χ3n) is 2.20. The van der Waals surface area contributed by atoms with Gasteiger partial charge in [-0.05, 0) is 11.1 Å². The van der Waals surface area contributed by atoms with Crippen LogP contribution in [0.15, 0.2) is 53.5 Å². The van der Waals surface area contributed by atoms with E-state index in [1.165, 1.54) is 6.07 Å². The molecule has 1 aromatic carbocycles. The number of hydrogen-bond acceptors (Lipinski definition) is 1. The van der Waals surface area contributed by atoms with Crippen molar-refractivity contribution in [1.29, 1.82) is 0 Å². The molecular weight excluding hydrogens is 186 g/mol. The molecule has 0 saturated carbocycles. The Morgan fingerprint density at radius 2 is 1.80 bits per heavy atom. The van der Waals surface area contributed by atoms with Crippen molar-refractivity contribution in [3.05, 3.63) is 77.1 Å². The molecule has 0 atom stereocenters. The third-order valence-corrected chi connectivity index (χ3v) is 2.20. The van der Waals surface area contributed by atoms with Crippen LogP contribution >= 0.6 is 0 Å². The zero-order valence-electron chi connectivity index (χ0n) is 8.26. The second kappa shape index (κ2) is 4.13. The SMILES string of the molecule is [CH]c1ccc(=O)n(Cc2ccccc2)c1. The molecule has 2 rings (SSSR count). The summed E-state index contributed by atoms with van der Waals surface area (Å²) in [4.78, 5) is 11.5. The highest BCUT2D eigenvalue weighted by Crippen LogP contribution is 2.01. The lowest BCUT2D eigenvalue weighted by Gasteiger charge is -2.05. The van der Waals surface area contributed by atoms with E-state index in [1.54, 1.807) is 16.8 Å². The number of pyridine rings is 1. The molecule has 0 aliphatic heterocycles. The lowest BCUT2D eigenvalue weighted by atomic mass is 10.2. The summed E-state index contributed by atoms with van der Waals surface area (Å²) in [6.07, 6.45) is 1.66. The van der Waals surface area contributed by atoms with E-state index in [9.17, 15) is 4.79 Å². The van der Waals surface area contributed by atoms with Gasteiger partial charge in [0, 0.05) is 19.2 Å². The molecular formula is C13H11NO. The van der Waals surface area contributed by atoms with E-state index >= 15 is 0 Å². The van der Waals surface area contributed by atoms with Crippen LogP contribution < -0.4 is 5.56 Å². The van der Waals surface area contributed by atoms with Gasteiger partial charge in [-0.1, -0.05) is 36.4 Å². The first-order valence-corrected chi connectivity index (χ1v) is 4.75. The minimum atomic E-state index is -0.0342. The molecule has 1 aromatic heterocycles. The van der Waals surface area contributed by atoms with E-state index in [4.69, 9.17) is 6.92 Å². The minimum Gasteiger partial charge on any atom is -0.311 e. The van der Waals surface area contributed by atoms with Crippen molar-refractivity contribution in [1.82, 2.24) is 4.57 Å². The van der Waals surface area contributed by atoms with Gasteiger partial charge in [0.2, 0.25) is 0 Å². The van der Waals surface area contributed by atoms with Crippen LogP contribution in [0.25, 0.3) is 0 Å². The fourth-order valence-electron chi connectivity index (χ4n) is 1.45. The number of benzene rings is 1. The zero-order chi connectivity index (χ0) is 10.7. The van der Waals surface area contributed by atoms with E-state index in [0.717, 1.165) is 5.56 Å². The Hall–Kier alpha value is -1.83.